The lowest BCUT2D eigenvalue weighted by molar-refractivity contribution is -0.115. The molecular formula is C20H18ClN3O2S2. The molecule has 8 heteroatoms. The van der Waals surface area contributed by atoms with Crippen LogP contribution in [-0.2, 0) is 11.2 Å². The van der Waals surface area contributed by atoms with Gasteiger partial charge in [-0.15, -0.1) is 11.3 Å². The zero-order chi connectivity index (χ0) is 20.1. The third-order valence-electron chi connectivity index (χ3n) is 3.72. The van der Waals surface area contributed by atoms with Crippen molar-refractivity contribution < 1.29 is 9.59 Å². The number of thioether (sulfide) groups is 1. The molecule has 1 heterocycles. The Morgan fingerprint density at radius 1 is 1.14 bits per heavy atom. The van der Waals surface area contributed by atoms with Crippen LogP contribution in [0.5, 0.6) is 0 Å². The van der Waals surface area contributed by atoms with Crippen molar-refractivity contribution >= 4 is 51.5 Å². The Morgan fingerprint density at radius 2 is 1.86 bits per heavy atom. The predicted octanol–water partition coefficient (Wildman–Crippen LogP) is 5.42. The molecule has 0 saturated heterocycles. The van der Waals surface area contributed by atoms with E-state index in [-0.39, 0.29) is 17.6 Å². The van der Waals surface area contributed by atoms with E-state index in [1.807, 2.05) is 41.8 Å². The third kappa shape index (κ3) is 5.13. The van der Waals surface area contributed by atoms with Gasteiger partial charge in [-0.25, -0.2) is 4.98 Å². The van der Waals surface area contributed by atoms with Gasteiger partial charge in [-0.2, -0.15) is 0 Å². The number of para-hydroxylation sites is 1. The van der Waals surface area contributed by atoms with E-state index in [1.165, 1.54) is 16.2 Å². The molecule has 0 aliphatic carbocycles. The molecule has 2 aromatic carbocycles. The summed E-state index contributed by atoms with van der Waals surface area (Å²) in [5.41, 5.74) is 2.13. The fraction of sp³-hybridized carbons (Fsp3) is 0.150. The second-order valence-corrected chi connectivity index (χ2v) is 8.37. The molecule has 2 amide bonds. The topological polar surface area (TPSA) is 62.3 Å². The zero-order valence-electron chi connectivity index (χ0n) is 15.3. The first-order valence-corrected chi connectivity index (χ1v) is 10.5. The van der Waals surface area contributed by atoms with Crippen LogP contribution in [0.4, 0.5) is 10.5 Å². The molecule has 0 saturated carbocycles. The molecule has 5 nitrogen and oxygen atoms in total. The Bertz CT molecular complexity index is 1000. The summed E-state index contributed by atoms with van der Waals surface area (Å²) < 4.78 is 0. The van der Waals surface area contributed by atoms with Crippen LogP contribution in [0.3, 0.4) is 0 Å². The molecule has 1 N–H and O–H groups in total. The lowest BCUT2D eigenvalue weighted by Crippen LogP contribution is -2.18. The Morgan fingerprint density at radius 3 is 2.61 bits per heavy atom. The lowest BCUT2D eigenvalue weighted by Gasteiger charge is -2.12. The van der Waals surface area contributed by atoms with Gasteiger partial charge < -0.3 is 10.2 Å². The molecule has 3 aromatic rings. The number of benzene rings is 2. The molecule has 0 atom stereocenters. The van der Waals surface area contributed by atoms with E-state index < -0.39 is 0 Å². The number of rotatable bonds is 5. The number of hydrogen-bond acceptors (Lipinski definition) is 5. The second-order valence-electron chi connectivity index (χ2n) is 6.11. The van der Waals surface area contributed by atoms with Crippen LogP contribution in [0.25, 0.3) is 10.6 Å². The molecule has 28 heavy (non-hydrogen) atoms. The van der Waals surface area contributed by atoms with E-state index in [9.17, 15) is 9.59 Å². The number of thiazole rings is 1. The summed E-state index contributed by atoms with van der Waals surface area (Å²) in [6.45, 7) is 0. The molecule has 0 unspecified atom stereocenters. The van der Waals surface area contributed by atoms with Gasteiger partial charge >= 0.3 is 0 Å². The Balaban J connectivity index is 1.69. The predicted molar refractivity (Wildman–Crippen MR) is 116 cm³/mol. The summed E-state index contributed by atoms with van der Waals surface area (Å²) in [7, 11) is 3.38. The summed E-state index contributed by atoms with van der Waals surface area (Å²) in [4.78, 5) is 31.2. The summed E-state index contributed by atoms with van der Waals surface area (Å²) in [6.07, 6.45) is 0.140. The molecule has 0 fully saturated rings. The van der Waals surface area contributed by atoms with Gasteiger partial charge in [-0.3, -0.25) is 9.59 Å². The van der Waals surface area contributed by atoms with E-state index in [0.717, 1.165) is 22.3 Å². The van der Waals surface area contributed by atoms with Crippen molar-refractivity contribution in [2.75, 3.05) is 19.4 Å². The number of halogens is 1. The maximum Gasteiger partial charge on any atom is 0.286 e. The fourth-order valence-electron chi connectivity index (χ4n) is 2.35. The quantitative estimate of drug-likeness (QED) is 0.548. The minimum Gasteiger partial charge on any atom is -0.339 e. The van der Waals surface area contributed by atoms with Crippen molar-refractivity contribution in [3.63, 3.8) is 0 Å². The Kier molecular flexibility index (Phi) is 6.72. The number of carbonyl (C=O) groups excluding carboxylic acids is 2. The van der Waals surface area contributed by atoms with Crippen molar-refractivity contribution in [1.29, 1.82) is 0 Å². The van der Waals surface area contributed by atoms with E-state index in [2.05, 4.69) is 10.3 Å². The van der Waals surface area contributed by atoms with Crippen molar-refractivity contribution in [3.05, 3.63) is 64.6 Å². The van der Waals surface area contributed by atoms with Gasteiger partial charge in [0.05, 0.1) is 22.8 Å². The molecule has 1 aromatic heterocycles. The minimum atomic E-state index is -0.193. The molecule has 0 spiro atoms. The molecule has 0 aliphatic heterocycles. The van der Waals surface area contributed by atoms with Gasteiger partial charge in [0.2, 0.25) is 5.91 Å². The summed E-state index contributed by atoms with van der Waals surface area (Å²) in [5, 5.41) is 6.03. The number of anilines is 1. The largest absolute Gasteiger partial charge is 0.339 e. The number of nitrogens with one attached hydrogen (secondary N) is 1. The normalized spacial score (nSPS) is 10.5. The SMILES string of the molecule is CN(C)C(=O)Sc1ccccc1NC(=O)Cc1csc(-c2ccccc2Cl)n1. The van der Waals surface area contributed by atoms with Gasteiger partial charge in [-0.1, -0.05) is 41.9 Å². The monoisotopic (exact) mass is 431 g/mol. The smallest absolute Gasteiger partial charge is 0.286 e. The van der Waals surface area contributed by atoms with Crippen LogP contribution in [0.1, 0.15) is 5.69 Å². The molecule has 0 aliphatic rings. The fourth-order valence-corrected chi connectivity index (χ4v) is 4.24. The Labute approximate surface area is 176 Å². The highest BCUT2D eigenvalue weighted by Crippen LogP contribution is 2.31. The van der Waals surface area contributed by atoms with Crippen LogP contribution in [-0.4, -0.2) is 35.1 Å². The highest BCUT2D eigenvalue weighted by Gasteiger charge is 2.14. The van der Waals surface area contributed by atoms with E-state index in [0.29, 0.717) is 21.3 Å². The Hall–Kier alpha value is -2.35. The summed E-state index contributed by atoms with van der Waals surface area (Å²) >= 11 is 8.74. The summed E-state index contributed by atoms with van der Waals surface area (Å²) in [5.74, 6) is -0.193. The first kappa shape index (κ1) is 20.4. The highest BCUT2D eigenvalue weighted by atomic mass is 35.5. The van der Waals surface area contributed by atoms with E-state index >= 15 is 0 Å². The number of hydrogen-bond donors (Lipinski definition) is 1. The average Bonchev–Trinajstić information content (AvgIpc) is 3.11. The number of carbonyl (C=O) groups is 2. The zero-order valence-corrected chi connectivity index (χ0v) is 17.7. The van der Waals surface area contributed by atoms with Crippen LogP contribution in [0.2, 0.25) is 5.02 Å². The van der Waals surface area contributed by atoms with Gasteiger partial charge in [-0.05, 0) is 30.0 Å². The highest BCUT2D eigenvalue weighted by molar-refractivity contribution is 8.13. The van der Waals surface area contributed by atoms with Gasteiger partial charge in [0, 0.05) is 29.9 Å². The number of nitrogens with zero attached hydrogens (tertiary/aromatic N) is 2. The first-order chi connectivity index (χ1) is 13.4. The third-order valence-corrected chi connectivity index (χ3v) is 6.09. The van der Waals surface area contributed by atoms with Crippen LogP contribution < -0.4 is 5.32 Å². The van der Waals surface area contributed by atoms with Crippen LogP contribution in [0, 0.1) is 0 Å². The molecular weight excluding hydrogens is 414 g/mol. The van der Waals surface area contributed by atoms with Crippen LogP contribution in [0.15, 0.2) is 58.8 Å². The average molecular weight is 432 g/mol. The maximum atomic E-state index is 12.5. The van der Waals surface area contributed by atoms with Gasteiger partial charge in [0.1, 0.15) is 5.01 Å². The summed E-state index contributed by atoms with van der Waals surface area (Å²) in [6, 6.07) is 14.7. The first-order valence-electron chi connectivity index (χ1n) is 8.41. The van der Waals surface area contributed by atoms with Crippen molar-refractivity contribution in [1.82, 2.24) is 9.88 Å². The van der Waals surface area contributed by atoms with Crippen molar-refractivity contribution in [3.8, 4) is 10.6 Å². The standard InChI is InChI=1S/C20H18ClN3O2S2/c1-24(2)20(26)28-17-10-6-5-9-16(17)23-18(25)11-13-12-27-19(22-13)14-7-3-4-8-15(14)21/h3-10,12H,11H2,1-2H3,(H,23,25). The molecule has 0 radical (unpaired) electrons. The maximum absolute atomic E-state index is 12.5. The molecule has 0 bridgehead atoms. The van der Waals surface area contributed by atoms with Crippen LogP contribution >= 0.6 is 34.7 Å². The number of aromatic nitrogens is 1. The second kappa shape index (κ2) is 9.23. The van der Waals surface area contributed by atoms with E-state index in [1.54, 1.807) is 26.2 Å². The van der Waals surface area contributed by atoms with Gasteiger partial charge in [0.15, 0.2) is 0 Å². The minimum absolute atomic E-state index is 0.106. The van der Waals surface area contributed by atoms with E-state index in [4.69, 9.17) is 11.6 Å². The van der Waals surface area contributed by atoms with Crippen molar-refractivity contribution in [2.24, 2.45) is 0 Å². The van der Waals surface area contributed by atoms with Crippen molar-refractivity contribution in [2.45, 2.75) is 11.3 Å². The molecule has 3 rings (SSSR count). The number of amides is 2. The molecule has 144 valence electrons. The lowest BCUT2D eigenvalue weighted by atomic mass is 10.2. The van der Waals surface area contributed by atoms with Gasteiger partial charge in [0.25, 0.3) is 5.24 Å².